The molecule has 0 saturated heterocycles. The van der Waals surface area contributed by atoms with Gasteiger partial charge in [-0.1, -0.05) is 24.3 Å². The van der Waals surface area contributed by atoms with E-state index >= 15 is 0 Å². The minimum atomic E-state index is 0.560. The molecule has 0 fully saturated rings. The number of benzene rings is 2. The zero-order valence-electron chi connectivity index (χ0n) is 10.7. The van der Waals surface area contributed by atoms with Gasteiger partial charge in [0.15, 0.2) is 0 Å². The van der Waals surface area contributed by atoms with Gasteiger partial charge < -0.3 is 9.47 Å². The number of nitrogens with zero attached hydrogens (tertiary/aromatic N) is 2. The Hall–Kier alpha value is -2.56. The molecule has 0 unspecified atom stereocenters. The Bertz CT molecular complexity index is 525. The lowest BCUT2D eigenvalue weighted by Gasteiger charge is -2.19. The molecule has 5 heteroatoms. The van der Waals surface area contributed by atoms with E-state index in [1.807, 2.05) is 24.3 Å². The van der Waals surface area contributed by atoms with Gasteiger partial charge in [-0.3, -0.25) is 0 Å². The van der Waals surface area contributed by atoms with Crippen LogP contribution in [0, 0.1) is 4.91 Å². The SMILES string of the molecule is COc1ccccc1N(N=O)c1ccccc1OC. The number of nitroso groups, excluding NO2 is 1. The van der Waals surface area contributed by atoms with Crippen LogP contribution in [0.5, 0.6) is 11.5 Å². The van der Waals surface area contributed by atoms with E-state index in [1.165, 1.54) is 5.01 Å². The summed E-state index contributed by atoms with van der Waals surface area (Å²) in [6, 6.07) is 14.3. The summed E-state index contributed by atoms with van der Waals surface area (Å²) in [6.45, 7) is 0. The third kappa shape index (κ3) is 2.49. The molecule has 2 aromatic carbocycles. The molecule has 0 atom stereocenters. The van der Waals surface area contributed by atoms with Gasteiger partial charge in [0.05, 0.1) is 19.5 Å². The maximum Gasteiger partial charge on any atom is 0.144 e. The number of hydrogen-bond acceptors (Lipinski definition) is 4. The third-order valence-corrected chi connectivity index (χ3v) is 2.71. The molecule has 0 N–H and O–H groups in total. The fourth-order valence-corrected chi connectivity index (χ4v) is 1.83. The first-order valence-corrected chi connectivity index (χ1v) is 5.71. The van der Waals surface area contributed by atoms with Gasteiger partial charge in [0, 0.05) is 0 Å². The van der Waals surface area contributed by atoms with E-state index < -0.39 is 0 Å². The molecule has 0 aliphatic carbocycles. The molecule has 98 valence electrons. The summed E-state index contributed by atoms with van der Waals surface area (Å²) < 4.78 is 10.5. The first-order valence-electron chi connectivity index (χ1n) is 5.71. The van der Waals surface area contributed by atoms with Gasteiger partial charge in [-0.15, -0.1) is 4.91 Å². The zero-order valence-corrected chi connectivity index (χ0v) is 10.7. The quantitative estimate of drug-likeness (QED) is 0.608. The first-order chi connectivity index (χ1) is 9.31. The van der Waals surface area contributed by atoms with E-state index in [9.17, 15) is 4.91 Å². The average molecular weight is 258 g/mol. The number of ether oxygens (including phenoxy) is 2. The molecule has 0 saturated carbocycles. The summed E-state index contributed by atoms with van der Waals surface area (Å²) in [5.41, 5.74) is 1.12. The second-order valence-corrected chi connectivity index (χ2v) is 3.74. The van der Waals surface area contributed by atoms with E-state index in [2.05, 4.69) is 5.29 Å². The van der Waals surface area contributed by atoms with Gasteiger partial charge in [0.2, 0.25) is 0 Å². The van der Waals surface area contributed by atoms with E-state index in [0.29, 0.717) is 22.9 Å². The smallest absolute Gasteiger partial charge is 0.144 e. The minimum absolute atomic E-state index is 0.560. The van der Waals surface area contributed by atoms with Crippen LogP contribution in [-0.4, -0.2) is 14.2 Å². The van der Waals surface area contributed by atoms with E-state index in [4.69, 9.17) is 9.47 Å². The van der Waals surface area contributed by atoms with Crippen LogP contribution in [0.4, 0.5) is 11.4 Å². The Balaban J connectivity index is 2.53. The van der Waals surface area contributed by atoms with Crippen LogP contribution in [0.15, 0.2) is 53.8 Å². The van der Waals surface area contributed by atoms with Gasteiger partial charge in [-0.25, -0.2) is 0 Å². The molecule has 0 aliphatic rings. The van der Waals surface area contributed by atoms with Gasteiger partial charge in [0.25, 0.3) is 0 Å². The molecule has 0 heterocycles. The van der Waals surface area contributed by atoms with Crippen molar-refractivity contribution in [1.29, 1.82) is 0 Å². The molecule has 5 nitrogen and oxygen atoms in total. The first kappa shape index (κ1) is 12.9. The van der Waals surface area contributed by atoms with Crippen LogP contribution >= 0.6 is 0 Å². The average Bonchev–Trinajstić information content (AvgIpc) is 2.49. The van der Waals surface area contributed by atoms with E-state index in [-0.39, 0.29) is 0 Å². The summed E-state index contributed by atoms with van der Waals surface area (Å²) in [5, 5.41) is 4.32. The van der Waals surface area contributed by atoms with Crippen molar-refractivity contribution in [3.8, 4) is 11.5 Å². The normalized spacial score (nSPS) is 9.79. The molecule has 2 aromatic rings. The maximum atomic E-state index is 11.2. The Morgan fingerprint density at radius 3 is 1.63 bits per heavy atom. The number of hydrogen-bond donors (Lipinski definition) is 0. The third-order valence-electron chi connectivity index (χ3n) is 2.71. The maximum absolute atomic E-state index is 11.2. The van der Waals surface area contributed by atoms with Gasteiger partial charge >= 0.3 is 0 Å². The Kier molecular flexibility index (Phi) is 3.97. The molecule has 0 amide bonds. The van der Waals surface area contributed by atoms with Crippen molar-refractivity contribution < 1.29 is 9.47 Å². The van der Waals surface area contributed by atoms with Gasteiger partial charge in [-0.05, 0) is 24.3 Å². The summed E-state index contributed by atoms with van der Waals surface area (Å²) in [5.74, 6) is 1.13. The zero-order chi connectivity index (χ0) is 13.7. The second-order valence-electron chi connectivity index (χ2n) is 3.74. The lowest BCUT2D eigenvalue weighted by atomic mass is 10.2. The molecule has 0 spiro atoms. The summed E-state index contributed by atoms with van der Waals surface area (Å²) in [4.78, 5) is 11.2. The molecule has 0 bridgehead atoms. The number of para-hydroxylation sites is 4. The van der Waals surface area contributed by atoms with E-state index in [1.54, 1.807) is 38.5 Å². The Labute approximate surface area is 111 Å². The largest absolute Gasteiger partial charge is 0.494 e. The molecule has 0 radical (unpaired) electrons. The Morgan fingerprint density at radius 1 is 0.842 bits per heavy atom. The standard InChI is InChI=1S/C14H14N2O3/c1-18-13-9-5-3-7-11(13)16(15-17)12-8-4-6-10-14(12)19-2/h3-10H,1-2H3. The van der Waals surface area contributed by atoms with Crippen molar-refractivity contribution >= 4 is 11.4 Å². The highest BCUT2D eigenvalue weighted by Gasteiger charge is 2.17. The number of anilines is 2. The number of methoxy groups -OCH3 is 2. The van der Waals surface area contributed by atoms with Crippen LogP contribution in [-0.2, 0) is 0 Å². The highest BCUT2D eigenvalue weighted by atomic mass is 16.5. The van der Waals surface area contributed by atoms with Crippen molar-refractivity contribution in [2.45, 2.75) is 0 Å². The molecule has 2 rings (SSSR count). The highest BCUT2D eigenvalue weighted by molar-refractivity contribution is 5.72. The van der Waals surface area contributed by atoms with Crippen molar-refractivity contribution in [3.05, 3.63) is 53.4 Å². The fourth-order valence-electron chi connectivity index (χ4n) is 1.83. The summed E-state index contributed by atoms with van der Waals surface area (Å²) >= 11 is 0. The van der Waals surface area contributed by atoms with Crippen molar-refractivity contribution in [2.75, 3.05) is 19.2 Å². The van der Waals surface area contributed by atoms with Crippen molar-refractivity contribution in [3.63, 3.8) is 0 Å². The molecule has 19 heavy (non-hydrogen) atoms. The lowest BCUT2D eigenvalue weighted by molar-refractivity contribution is 0.411. The summed E-state index contributed by atoms with van der Waals surface area (Å²) in [6.07, 6.45) is 0. The molecule has 0 aliphatic heterocycles. The van der Waals surface area contributed by atoms with Gasteiger partial charge in [0.1, 0.15) is 22.9 Å². The topological polar surface area (TPSA) is 51.1 Å². The summed E-state index contributed by atoms with van der Waals surface area (Å²) in [7, 11) is 3.09. The minimum Gasteiger partial charge on any atom is -0.494 e. The van der Waals surface area contributed by atoms with Crippen LogP contribution in [0.25, 0.3) is 0 Å². The van der Waals surface area contributed by atoms with Gasteiger partial charge in [-0.2, -0.15) is 5.01 Å². The van der Waals surface area contributed by atoms with Crippen LogP contribution < -0.4 is 14.5 Å². The predicted octanol–water partition coefficient (Wildman–Crippen LogP) is 3.52. The van der Waals surface area contributed by atoms with Crippen molar-refractivity contribution in [2.24, 2.45) is 5.29 Å². The van der Waals surface area contributed by atoms with Crippen LogP contribution in [0.1, 0.15) is 0 Å². The number of rotatable bonds is 5. The van der Waals surface area contributed by atoms with Crippen LogP contribution in [0.2, 0.25) is 0 Å². The van der Waals surface area contributed by atoms with Crippen LogP contribution in [0.3, 0.4) is 0 Å². The fraction of sp³-hybridized carbons (Fsp3) is 0.143. The second kappa shape index (κ2) is 5.86. The Morgan fingerprint density at radius 2 is 1.26 bits per heavy atom. The van der Waals surface area contributed by atoms with E-state index in [0.717, 1.165) is 0 Å². The lowest BCUT2D eigenvalue weighted by Crippen LogP contribution is -2.10. The van der Waals surface area contributed by atoms with Crippen molar-refractivity contribution in [1.82, 2.24) is 0 Å². The monoisotopic (exact) mass is 258 g/mol. The predicted molar refractivity (Wildman–Crippen MR) is 73.9 cm³/mol. The highest BCUT2D eigenvalue weighted by Crippen LogP contribution is 2.38. The molecular formula is C14H14N2O3. The molecule has 0 aromatic heterocycles. The molecular weight excluding hydrogens is 244 g/mol.